The maximum Gasteiger partial charge on any atom is 0.279 e. The molecule has 1 amide bonds. The molecule has 0 saturated carbocycles. The van der Waals surface area contributed by atoms with Crippen molar-refractivity contribution in [2.45, 2.75) is 4.90 Å². The number of piperazine rings is 1. The molecule has 0 spiro atoms. The van der Waals surface area contributed by atoms with Gasteiger partial charge >= 0.3 is 0 Å². The molecule has 3 rings (SSSR count). The van der Waals surface area contributed by atoms with E-state index in [2.05, 4.69) is 5.32 Å². The second kappa shape index (κ2) is 8.71. The molecular weight excluding hydrogens is 400 g/mol. The Morgan fingerprint density at radius 2 is 1.89 bits per heavy atom. The minimum atomic E-state index is -3.59. The highest BCUT2D eigenvalue weighted by atomic mass is 35.5. The highest BCUT2D eigenvalue weighted by Crippen LogP contribution is 2.19. The van der Waals surface area contributed by atoms with E-state index < -0.39 is 10.0 Å². The normalized spacial score (nSPS) is 15.7. The van der Waals surface area contributed by atoms with Crippen LogP contribution in [0.3, 0.4) is 0 Å². The van der Waals surface area contributed by atoms with E-state index in [4.69, 9.17) is 16.9 Å². The van der Waals surface area contributed by atoms with Crippen molar-refractivity contribution in [2.24, 2.45) is 0 Å². The van der Waals surface area contributed by atoms with Crippen LogP contribution >= 0.6 is 11.6 Å². The number of rotatable bonds is 5. The lowest BCUT2D eigenvalue weighted by molar-refractivity contribution is -0.895. The zero-order valence-corrected chi connectivity index (χ0v) is 16.6. The summed E-state index contributed by atoms with van der Waals surface area (Å²) >= 11 is 5.91. The summed E-state index contributed by atoms with van der Waals surface area (Å²) in [6, 6.07) is 15.0. The minimum Gasteiger partial charge on any atom is -0.325 e. The average Bonchev–Trinajstić information content (AvgIpc) is 2.68. The summed E-state index contributed by atoms with van der Waals surface area (Å²) in [4.78, 5) is 13.4. The van der Waals surface area contributed by atoms with E-state index in [1.54, 1.807) is 36.4 Å². The van der Waals surface area contributed by atoms with Gasteiger partial charge in [-0.25, -0.2) is 8.42 Å². The number of carbonyl (C=O) groups is 1. The quantitative estimate of drug-likeness (QED) is 0.747. The molecule has 2 N–H and O–H groups in total. The Hall–Kier alpha value is -2.44. The topological polar surface area (TPSA) is 94.7 Å². The monoisotopic (exact) mass is 419 g/mol. The first-order chi connectivity index (χ1) is 13.4. The molecule has 1 saturated heterocycles. The smallest absolute Gasteiger partial charge is 0.279 e. The van der Waals surface area contributed by atoms with Crippen molar-refractivity contribution in [3.63, 3.8) is 0 Å². The number of sulfonamides is 1. The van der Waals surface area contributed by atoms with Crippen LogP contribution in [0, 0.1) is 11.3 Å². The van der Waals surface area contributed by atoms with E-state index in [1.165, 1.54) is 16.4 Å². The molecule has 146 valence electrons. The standard InChI is InChI=1S/C19H19ClN4O3S/c20-16-4-2-6-18(12-16)28(26,27)24-9-7-23(8-10-24)14-19(25)22-17-5-1-3-15(11-17)13-21/h1-6,11-12H,7-10,14H2,(H,22,25)/p+1. The highest BCUT2D eigenvalue weighted by molar-refractivity contribution is 7.89. The molecule has 1 aliphatic heterocycles. The van der Waals surface area contributed by atoms with Gasteiger partial charge in [0.2, 0.25) is 10.0 Å². The Kier molecular flexibility index (Phi) is 6.31. The fourth-order valence-electron chi connectivity index (χ4n) is 3.09. The van der Waals surface area contributed by atoms with E-state index >= 15 is 0 Å². The number of quaternary nitrogens is 1. The van der Waals surface area contributed by atoms with Crippen LogP contribution in [0.1, 0.15) is 5.56 Å². The Morgan fingerprint density at radius 3 is 2.57 bits per heavy atom. The van der Waals surface area contributed by atoms with Crippen molar-refractivity contribution in [2.75, 3.05) is 38.0 Å². The molecule has 0 radical (unpaired) electrons. The molecule has 0 aromatic heterocycles. The van der Waals surface area contributed by atoms with E-state index in [0.29, 0.717) is 42.5 Å². The van der Waals surface area contributed by atoms with E-state index in [0.717, 1.165) is 4.90 Å². The number of carbonyl (C=O) groups excluding carboxylic acids is 1. The van der Waals surface area contributed by atoms with Crippen molar-refractivity contribution in [1.82, 2.24) is 4.31 Å². The number of amides is 1. The number of hydrogen-bond acceptors (Lipinski definition) is 4. The summed E-state index contributed by atoms with van der Waals surface area (Å²) in [6.45, 7) is 1.97. The van der Waals surface area contributed by atoms with Crippen LogP contribution in [0.2, 0.25) is 5.02 Å². The molecule has 1 heterocycles. The van der Waals surface area contributed by atoms with E-state index in [1.807, 2.05) is 6.07 Å². The van der Waals surface area contributed by atoms with Gasteiger partial charge in [-0.1, -0.05) is 23.7 Å². The molecule has 1 aliphatic rings. The van der Waals surface area contributed by atoms with Crippen molar-refractivity contribution in [3.8, 4) is 6.07 Å². The number of hydrogen-bond donors (Lipinski definition) is 2. The van der Waals surface area contributed by atoms with Gasteiger partial charge in [-0.15, -0.1) is 0 Å². The number of nitriles is 1. The summed E-state index contributed by atoms with van der Waals surface area (Å²) in [5.41, 5.74) is 1.05. The second-order valence-corrected chi connectivity index (χ2v) is 8.90. The van der Waals surface area contributed by atoms with Crippen LogP contribution in [0.15, 0.2) is 53.4 Å². The van der Waals surface area contributed by atoms with Crippen molar-refractivity contribution >= 4 is 33.2 Å². The Balaban J connectivity index is 1.55. The van der Waals surface area contributed by atoms with Crippen LogP contribution in [-0.4, -0.2) is 51.4 Å². The first kappa shape index (κ1) is 20.3. The number of nitrogens with zero attached hydrogens (tertiary/aromatic N) is 2. The molecule has 7 nitrogen and oxygen atoms in total. The first-order valence-corrected chi connectivity index (χ1v) is 10.6. The van der Waals surface area contributed by atoms with E-state index in [-0.39, 0.29) is 17.3 Å². The van der Waals surface area contributed by atoms with Gasteiger partial charge in [0.05, 0.1) is 42.7 Å². The molecule has 0 aliphatic carbocycles. The SMILES string of the molecule is N#Cc1cccc(NC(=O)C[NH+]2CCN(S(=O)(=O)c3cccc(Cl)c3)CC2)c1. The number of anilines is 1. The lowest BCUT2D eigenvalue weighted by Gasteiger charge is -2.31. The Labute approximate surface area is 169 Å². The minimum absolute atomic E-state index is 0.170. The molecule has 0 unspecified atom stereocenters. The third-order valence-corrected chi connectivity index (χ3v) is 6.68. The molecule has 0 bridgehead atoms. The maximum absolute atomic E-state index is 12.7. The van der Waals surface area contributed by atoms with Crippen LogP contribution in [0.25, 0.3) is 0 Å². The van der Waals surface area contributed by atoms with Crippen molar-refractivity contribution in [1.29, 1.82) is 5.26 Å². The van der Waals surface area contributed by atoms with Crippen molar-refractivity contribution < 1.29 is 18.1 Å². The van der Waals surface area contributed by atoms with Gasteiger partial charge in [0, 0.05) is 10.7 Å². The fraction of sp³-hybridized carbons (Fsp3) is 0.263. The van der Waals surface area contributed by atoms with Gasteiger partial charge in [0.25, 0.3) is 5.91 Å². The van der Waals surface area contributed by atoms with Crippen molar-refractivity contribution in [3.05, 3.63) is 59.1 Å². The summed E-state index contributed by atoms with van der Waals surface area (Å²) in [5.74, 6) is -0.170. The first-order valence-electron chi connectivity index (χ1n) is 8.78. The number of halogens is 1. The summed E-state index contributed by atoms with van der Waals surface area (Å²) in [7, 11) is -3.59. The van der Waals surface area contributed by atoms with Gasteiger partial charge in [-0.3, -0.25) is 4.79 Å². The van der Waals surface area contributed by atoms with Gasteiger partial charge < -0.3 is 10.2 Å². The van der Waals surface area contributed by atoms with E-state index in [9.17, 15) is 13.2 Å². The van der Waals surface area contributed by atoms with Crippen LogP contribution in [0.4, 0.5) is 5.69 Å². The predicted molar refractivity (Wildman–Crippen MR) is 106 cm³/mol. The summed E-state index contributed by atoms with van der Waals surface area (Å²) in [6.07, 6.45) is 0. The lowest BCUT2D eigenvalue weighted by Crippen LogP contribution is -3.15. The lowest BCUT2D eigenvalue weighted by atomic mass is 10.2. The van der Waals surface area contributed by atoms with Crippen LogP contribution < -0.4 is 10.2 Å². The predicted octanol–water partition coefficient (Wildman–Crippen LogP) is 0.740. The largest absolute Gasteiger partial charge is 0.325 e. The summed E-state index contributed by atoms with van der Waals surface area (Å²) in [5, 5.41) is 12.1. The van der Waals surface area contributed by atoms with Crippen LogP contribution in [-0.2, 0) is 14.8 Å². The van der Waals surface area contributed by atoms with Crippen LogP contribution in [0.5, 0.6) is 0 Å². The fourth-order valence-corrected chi connectivity index (χ4v) is 4.84. The number of benzene rings is 2. The third kappa shape index (κ3) is 4.88. The Bertz CT molecular complexity index is 1010. The molecule has 2 aromatic rings. The average molecular weight is 420 g/mol. The maximum atomic E-state index is 12.7. The van der Waals surface area contributed by atoms with Gasteiger partial charge in [-0.05, 0) is 36.4 Å². The number of nitrogens with one attached hydrogen (secondary N) is 2. The van der Waals surface area contributed by atoms with Gasteiger partial charge in [0.1, 0.15) is 0 Å². The second-order valence-electron chi connectivity index (χ2n) is 6.53. The molecule has 28 heavy (non-hydrogen) atoms. The third-order valence-electron chi connectivity index (χ3n) is 4.55. The molecule has 9 heteroatoms. The summed E-state index contributed by atoms with van der Waals surface area (Å²) < 4.78 is 26.9. The molecule has 1 fully saturated rings. The zero-order chi connectivity index (χ0) is 20.1. The zero-order valence-electron chi connectivity index (χ0n) is 15.1. The molecular formula is C19H20ClN4O3S+. The molecule has 0 atom stereocenters. The molecule has 2 aromatic carbocycles. The Morgan fingerprint density at radius 1 is 1.18 bits per heavy atom. The van der Waals surface area contributed by atoms with Gasteiger partial charge in [0.15, 0.2) is 6.54 Å². The highest BCUT2D eigenvalue weighted by Gasteiger charge is 2.31. The van der Waals surface area contributed by atoms with Gasteiger partial charge in [-0.2, -0.15) is 9.57 Å².